The molecule has 0 heterocycles. The van der Waals surface area contributed by atoms with Crippen LogP contribution in [0.4, 0.5) is 13.2 Å². The van der Waals surface area contributed by atoms with E-state index in [0.29, 0.717) is 6.42 Å². The van der Waals surface area contributed by atoms with E-state index in [1.165, 1.54) is 25.2 Å². The average Bonchev–Trinajstić information content (AvgIpc) is 2.52. The predicted molar refractivity (Wildman–Crippen MR) is 88.6 cm³/mol. The number of carbonyl (C=O) groups excluding carboxylic acids is 2. The van der Waals surface area contributed by atoms with Gasteiger partial charge in [-0.25, -0.2) is 0 Å². The van der Waals surface area contributed by atoms with Crippen LogP contribution in [-0.4, -0.2) is 30.9 Å². The van der Waals surface area contributed by atoms with Crippen molar-refractivity contribution >= 4 is 11.8 Å². The highest BCUT2D eigenvalue weighted by atomic mass is 19.4. The summed E-state index contributed by atoms with van der Waals surface area (Å²) in [4.78, 5) is 24.2. The predicted octanol–water partition coefficient (Wildman–Crippen LogP) is 1.85. The van der Waals surface area contributed by atoms with Crippen molar-refractivity contribution in [3.63, 3.8) is 0 Å². The number of halogens is 3. The van der Waals surface area contributed by atoms with Crippen LogP contribution in [0.5, 0.6) is 0 Å². The van der Waals surface area contributed by atoms with E-state index >= 15 is 0 Å². The van der Waals surface area contributed by atoms with Crippen LogP contribution in [0, 0.1) is 5.92 Å². The molecule has 0 aliphatic carbocycles. The Kier molecular flexibility index (Phi) is 7.41. The third kappa shape index (κ3) is 6.38. The van der Waals surface area contributed by atoms with Gasteiger partial charge in [0.05, 0.1) is 11.6 Å². The van der Waals surface area contributed by atoms with Gasteiger partial charge in [0.1, 0.15) is 6.04 Å². The lowest BCUT2D eigenvalue weighted by atomic mass is 9.98. The van der Waals surface area contributed by atoms with Gasteiger partial charge in [-0.15, -0.1) is 0 Å². The maximum Gasteiger partial charge on any atom is 0.416 e. The Morgan fingerprint density at radius 3 is 2.28 bits per heavy atom. The number of likely N-dealkylation sites (N-methyl/N-ethyl adjacent to an activating group) is 1. The van der Waals surface area contributed by atoms with Gasteiger partial charge in [-0.2, -0.15) is 13.2 Å². The second-order valence-electron chi connectivity index (χ2n) is 6.27. The van der Waals surface area contributed by atoms with Crippen molar-refractivity contribution in [1.82, 2.24) is 10.6 Å². The zero-order chi connectivity index (χ0) is 19.2. The monoisotopic (exact) mass is 359 g/mol. The van der Waals surface area contributed by atoms with Crippen LogP contribution in [0.2, 0.25) is 0 Å². The second-order valence-corrected chi connectivity index (χ2v) is 6.27. The zero-order valence-electron chi connectivity index (χ0n) is 14.5. The molecular formula is C17H24F3N3O2. The minimum Gasteiger partial charge on any atom is -0.357 e. The Bertz CT molecular complexity index is 603. The molecule has 140 valence electrons. The summed E-state index contributed by atoms with van der Waals surface area (Å²) in [6.07, 6.45) is -4.41. The van der Waals surface area contributed by atoms with E-state index in [4.69, 9.17) is 5.73 Å². The second kappa shape index (κ2) is 8.84. The molecular weight excluding hydrogens is 335 g/mol. The molecule has 0 aliphatic heterocycles. The van der Waals surface area contributed by atoms with Gasteiger partial charge in [-0.3, -0.25) is 9.59 Å². The third-order valence-corrected chi connectivity index (χ3v) is 3.69. The minimum absolute atomic E-state index is 0.0682. The Morgan fingerprint density at radius 2 is 1.76 bits per heavy atom. The van der Waals surface area contributed by atoms with Crippen molar-refractivity contribution in [2.45, 2.75) is 44.9 Å². The number of amides is 2. The molecule has 1 aromatic rings. The molecule has 0 fully saturated rings. The number of nitrogens with two attached hydrogens (primary N) is 1. The molecule has 5 nitrogen and oxygen atoms in total. The van der Waals surface area contributed by atoms with E-state index in [9.17, 15) is 22.8 Å². The average molecular weight is 359 g/mol. The Labute approximate surface area is 145 Å². The molecule has 1 rings (SSSR count). The highest BCUT2D eigenvalue weighted by Crippen LogP contribution is 2.32. The lowest BCUT2D eigenvalue weighted by molar-refractivity contribution is -0.138. The van der Waals surface area contributed by atoms with Crippen molar-refractivity contribution in [2.75, 3.05) is 7.05 Å². The molecule has 0 aromatic heterocycles. The van der Waals surface area contributed by atoms with Crippen molar-refractivity contribution in [3.8, 4) is 0 Å². The maximum atomic E-state index is 13.1. The molecule has 2 unspecified atom stereocenters. The Morgan fingerprint density at radius 1 is 1.16 bits per heavy atom. The van der Waals surface area contributed by atoms with Gasteiger partial charge in [0, 0.05) is 13.5 Å². The number of benzene rings is 1. The van der Waals surface area contributed by atoms with Crippen molar-refractivity contribution in [1.29, 1.82) is 0 Å². The fourth-order valence-electron chi connectivity index (χ4n) is 2.47. The van der Waals surface area contributed by atoms with Crippen LogP contribution in [0.3, 0.4) is 0 Å². The molecule has 2 amide bonds. The summed E-state index contributed by atoms with van der Waals surface area (Å²) in [5.74, 6) is -0.973. The largest absolute Gasteiger partial charge is 0.416 e. The topological polar surface area (TPSA) is 84.2 Å². The molecule has 2 atom stereocenters. The third-order valence-electron chi connectivity index (χ3n) is 3.69. The van der Waals surface area contributed by atoms with Crippen molar-refractivity contribution < 1.29 is 22.8 Å². The van der Waals surface area contributed by atoms with Gasteiger partial charge in [0.25, 0.3) is 0 Å². The van der Waals surface area contributed by atoms with Crippen LogP contribution < -0.4 is 16.4 Å². The first kappa shape index (κ1) is 21.0. The highest BCUT2D eigenvalue weighted by Gasteiger charge is 2.34. The van der Waals surface area contributed by atoms with Crippen LogP contribution in [0.15, 0.2) is 24.3 Å². The van der Waals surface area contributed by atoms with E-state index in [1.54, 1.807) is 0 Å². The molecule has 0 radical (unpaired) electrons. The van der Waals surface area contributed by atoms with Crippen LogP contribution in [0.1, 0.15) is 31.4 Å². The van der Waals surface area contributed by atoms with E-state index in [1.807, 2.05) is 13.8 Å². The van der Waals surface area contributed by atoms with Crippen LogP contribution in [-0.2, 0) is 22.2 Å². The maximum absolute atomic E-state index is 13.1. The Balaban J connectivity index is 2.99. The summed E-state index contributed by atoms with van der Waals surface area (Å²) in [6.45, 7) is 3.78. The summed E-state index contributed by atoms with van der Waals surface area (Å²) in [5, 5.41) is 4.81. The first-order valence-corrected chi connectivity index (χ1v) is 7.98. The molecule has 8 heteroatoms. The number of carbonyl (C=O) groups is 2. The molecule has 0 aliphatic rings. The molecule has 25 heavy (non-hydrogen) atoms. The lowest BCUT2D eigenvalue weighted by Crippen LogP contribution is -2.52. The smallest absolute Gasteiger partial charge is 0.357 e. The summed E-state index contributed by atoms with van der Waals surface area (Å²) in [7, 11) is 1.35. The highest BCUT2D eigenvalue weighted by molar-refractivity contribution is 5.89. The fourth-order valence-corrected chi connectivity index (χ4v) is 2.47. The van der Waals surface area contributed by atoms with Gasteiger partial charge >= 0.3 is 6.18 Å². The number of alkyl halides is 3. The number of hydrogen-bond acceptors (Lipinski definition) is 3. The van der Waals surface area contributed by atoms with Gasteiger partial charge in [0.2, 0.25) is 11.8 Å². The molecule has 4 N–H and O–H groups in total. The first-order valence-electron chi connectivity index (χ1n) is 7.98. The van der Waals surface area contributed by atoms with Crippen molar-refractivity contribution in [2.24, 2.45) is 11.7 Å². The van der Waals surface area contributed by atoms with Gasteiger partial charge in [-0.1, -0.05) is 32.0 Å². The molecule has 1 aromatic carbocycles. The van der Waals surface area contributed by atoms with E-state index < -0.39 is 35.6 Å². The standard InChI is InChI=1S/C17H24F3N3O2/c1-10(2)8-13(21)15(24)23-14(16(25)22-3)9-11-6-4-5-7-12(11)17(18,19)20/h4-7,10,13-14H,8-9,21H2,1-3H3,(H,22,25)(H,23,24). The van der Waals surface area contributed by atoms with Gasteiger partial charge < -0.3 is 16.4 Å². The molecule has 0 saturated heterocycles. The zero-order valence-corrected chi connectivity index (χ0v) is 14.5. The number of rotatable bonds is 7. The van der Waals surface area contributed by atoms with E-state index in [-0.39, 0.29) is 17.9 Å². The summed E-state index contributed by atoms with van der Waals surface area (Å²) in [6, 6.07) is 3.00. The summed E-state index contributed by atoms with van der Waals surface area (Å²) >= 11 is 0. The Hall–Kier alpha value is -2.09. The molecule has 0 bridgehead atoms. The molecule has 0 spiro atoms. The van der Waals surface area contributed by atoms with Gasteiger partial charge in [0.15, 0.2) is 0 Å². The van der Waals surface area contributed by atoms with E-state index in [0.717, 1.165) is 6.07 Å². The number of nitrogens with one attached hydrogen (secondary N) is 2. The van der Waals surface area contributed by atoms with E-state index in [2.05, 4.69) is 10.6 Å². The van der Waals surface area contributed by atoms with Crippen molar-refractivity contribution in [3.05, 3.63) is 35.4 Å². The minimum atomic E-state index is -4.54. The quantitative estimate of drug-likeness (QED) is 0.695. The lowest BCUT2D eigenvalue weighted by Gasteiger charge is -2.22. The summed E-state index contributed by atoms with van der Waals surface area (Å²) in [5.41, 5.74) is 4.88. The van der Waals surface area contributed by atoms with Crippen LogP contribution in [0.25, 0.3) is 0 Å². The molecule has 0 saturated carbocycles. The van der Waals surface area contributed by atoms with Crippen LogP contribution >= 0.6 is 0 Å². The van der Waals surface area contributed by atoms with Gasteiger partial charge in [-0.05, 0) is 24.0 Å². The number of hydrogen-bond donors (Lipinski definition) is 3. The first-order chi connectivity index (χ1) is 11.6. The fraction of sp³-hybridized carbons (Fsp3) is 0.529. The summed E-state index contributed by atoms with van der Waals surface area (Å²) < 4.78 is 39.3. The SMILES string of the molecule is CNC(=O)C(Cc1ccccc1C(F)(F)F)NC(=O)C(N)CC(C)C. The normalized spacial score (nSPS) is 14.1.